The van der Waals surface area contributed by atoms with Gasteiger partial charge in [0.1, 0.15) is 5.69 Å². The number of hydrogen-bond donors (Lipinski definition) is 0. The first-order chi connectivity index (χ1) is 8.43. The first-order valence-electron chi connectivity index (χ1n) is 6.45. The van der Waals surface area contributed by atoms with Gasteiger partial charge in [0.2, 0.25) is 0 Å². The standard InChI is InChI=1S/C13H20BrN3O/c1-8-6-5-7-9(2)17(8)13(18)12-11(14)10(3)15-16(12)4/h8-9H,5-7H2,1-4H3/t8-,9+. The van der Waals surface area contributed by atoms with Crippen LogP contribution in [-0.2, 0) is 7.05 Å². The van der Waals surface area contributed by atoms with Crippen molar-refractivity contribution in [2.75, 3.05) is 0 Å². The van der Waals surface area contributed by atoms with E-state index < -0.39 is 0 Å². The van der Waals surface area contributed by atoms with Crippen molar-refractivity contribution in [1.29, 1.82) is 0 Å². The zero-order valence-corrected chi connectivity index (χ0v) is 13.0. The number of halogens is 1. The monoisotopic (exact) mass is 313 g/mol. The Kier molecular flexibility index (Phi) is 3.80. The van der Waals surface area contributed by atoms with E-state index in [1.54, 1.807) is 4.68 Å². The van der Waals surface area contributed by atoms with Gasteiger partial charge in [-0.2, -0.15) is 5.10 Å². The Morgan fingerprint density at radius 3 is 2.33 bits per heavy atom. The molecule has 18 heavy (non-hydrogen) atoms. The Bertz CT molecular complexity index is 459. The second-order valence-electron chi connectivity index (χ2n) is 5.21. The topological polar surface area (TPSA) is 38.1 Å². The summed E-state index contributed by atoms with van der Waals surface area (Å²) in [6, 6.07) is 0.617. The number of aryl methyl sites for hydroxylation is 2. The minimum Gasteiger partial charge on any atom is -0.332 e. The van der Waals surface area contributed by atoms with E-state index in [2.05, 4.69) is 34.9 Å². The molecular weight excluding hydrogens is 294 g/mol. The molecule has 0 aromatic carbocycles. The quantitative estimate of drug-likeness (QED) is 0.799. The fourth-order valence-corrected chi connectivity index (χ4v) is 3.31. The molecule has 1 aromatic rings. The Labute approximate surface area is 116 Å². The molecule has 5 heteroatoms. The number of likely N-dealkylation sites (tertiary alicyclic amines) is 1. The van der Waals surface area contributed by atoms with E-state index in [1.165, 1.54) is 6.42 Å². The highest BCUT2D eigenvalue weighted by atomic mass is 79.9. The molecule has 0 bridgehead atoms. The zero-order valence-electron chi connectivity index (χ0n) is 11.4. The summed E-state index contributed by atoms with van der Waals surface area (Å²) in [6.45, 7) is 6.17. The summed E-state index contributed by atoms with van der Waals surface area (Å²) < 4.78 is 2.50. The number of aromatic nitrogens is 2. The molecule has 1 aliphatic rings. The fraction of sp³-hybridized carbons (Fsp3) is 0.692. The summed E-state index contributed by atoms with van der Waals surface area (Å²) in [7, 11) is 1.82. The lowest BCUT2D eigenvalue weighted by Gasteiger charge is -2.39. The highest BCUT2D eigenvalue weighted by molar-refractivity contribution is 9.10. The van der Waals surface area contributed by atoms with Crippen molar-refractivity contribution in [3.05, 3.63) is 15.9 Å². The first-order valence-corrected chi connectivity index (χ1v) is 7.24. The molecule has 1 aliphatic heterocycles. The van der Waals surface area contributed by atoms with Crippen LogP contribution in [0.2, 0.25) is 0 Å². The summed E-state index contributed by atoms with van der Waals surface area (Å²) in [6.07, 6.45) is 3.38. The number of nitrogens with zero attached hydrogens (tertiary/aromatic N) is 3. The van der Waals surface area contributed by atoms with Gasteiger partial charge in [-0.15, -0.1) is 0 Å². The predicted octanol–water partition coefficient (Wildman–Crippen LogP) is 2.89. The fourth-order valence-electron chi connectivity index (χ4n) is 2.81. The number of carbonyl (C=O) groups excluding carboxylic acids is 1. The molecule has 0 N–H and O–H groups in total. The van der Waals surface area contributed by atoms with Gasteiger partial charge >= 0.3 is 0 Å². The number of rotatable bonds is 1. The molecule has 1 saturated heterocycles. The van der Waals surface area contributed by atoms with Gasteiger partial charge in [0.05, 0.1) is 10.2 Å². The number of piperidine rings is 1. The number of hydrogen-bond acceptors (Lipinski definition) is 2. The number of amides is 1. The van der Waals surface area contributed by atoms with Crippen molar-refractivity contribution in [2.24, 2.45) is 7.05 Å². The average molecular weight is 314 g/mol. The van der Waals surface area contributed by atoms with Crippen LogP contribution in [0.4, 0.5) is 0 Å². The van der Waals surface area contributed by atoms with E-state index in [9.17, 15) is 4.79 Å². The average Bonchev–Trinajstić information content (AvgIpc) is 2.52. The molecule has 100 valence electrons. The van der Waals surface area contributed by atoms with Gasteiger partial charge in [0.25, 0.3) is 5.91 Å². The Morgan fingerprint density at radius 1 is 1.33 bits per heavy atom. The summed E-state index contributed by atoms with van der Waals surface area (Å²) >= 11 is 3.48. The van der Waals surface area contributed by atoms with Gasteiger partial charge in [-0.25, -0.2) is 0 Å². The third kappa shape index (κ3) is 2.20. The van der Waals surface area contributed by atoms with Crippen LogP contribution in [0.1, 0.15) is 49.3 Å². The van der Waals surface area contributed by atoms with Crippen LogP contribution in [0.15, 0.2) is 4.47 Å². The van der Waals surface area contributed by atoms with Crippen molar-refractivity contribution < 1.29 is 4.79 Å². The second kappa shape index (κ2) is 5.03. The molecule has 4 nitrogen and oxygen atoms in total. The van der Waals surface area contributed by atoms with Crippen LogP contribution in [0, 0.1) is 6.92 Å². The van der Waals surface area contributed by atoms with Gasteiger partial charge in [-0.3, -0.25) is 9.48 Å². The van der Waals surface area contributed by atoms with Crippen LogP contribution < -0.4 is 0 Å². The van der Waals surface area contributed by atoms with Crippen molar-refractivity contribution >= 4 is 21.8 Å². The summed E-state index contributed by atoms with van der Waals surface area (Å²) in [4.78, 5) is 14.7. The SMILES string of the molecule is Cc1nn(C)c(C(=O)N2[C@H](C)CCC[C@@H]2C)c1Br. The van der Waals surface area contributed by atoms with E-state index in [0.29, 0.717) is 17.8 Å². The third-order valence-corrected chi connectivity index (χ3v) is 4.73. The minimum absolute atomic E-state index is 0.0877. The lowest BCUT2D eigenvalue weighted by molar-refractivity contribution is 0.0498. The van der Waals surface area contributed by atoms with E-state index in [-0.39, 0.29) is 5.91 Å². The van der Waals surface area contributed by atoms with Gasteiger partial charge in [0.15, 0.2) is 0 Å². The van der Waals surface area contributed by atoms with Crippen LogP contribution in [0.5, 0.6) is 0 Å². The Morgan fingerprint density at radius 2 is 1.89 bits per heavy atom. The first kappa shape index (κ1) is 13.6. The minimum atomic E-state index is 0.0877. The molecule has 1 aromatic heterocycles. The lowest BCUT2D eigenvalue weighted by Crippen LogP contribution is -2.48. The largest absolute Gasteiger partial charge is 0.332 e. The molecule has 2 rings (SSSR count). The van der Waals surface area contributed by atoms with E-state index >= 15 is 0 Å². The van der Waals surface area contributed by atoms with Crippen molar-refractivity contribution in [1.82, 2.24) is 14.7 Å². The molecule has 0 radical (unpaired) electrons. The van der Waals surface area contributed by atoms with E-state index in [1.807, 2.05) is 18.9 Å². The van der Waals surface area contributed by atoms with Gasteiger partial charge in [-0.05, 0) is 56.0 Å². The maximum absolute atomic E-state index is 12.7. The third-order valence-electron chi connectivity index (χ3n) is 3.78. The molecule has 0 aliphatic carbocycles. The van der Waals surface area contributed by atoms with Gasteiger partial charge in [0, 0.05) is 19.1 Å². The van der Waals surface area contributed by atoms with E-state index in [4.69, 9.17) is 0 Å². The molecule has 1 fully saturated rings. The summed E-state index contributed by atoms with van der Waals surface area (Å²) in [5.41, 5.74) is 1.52. The highest BCUT2D eigenvalue weighted by Crippen LogP contribution is 2.28. The van der Waals surface area contributed by atoms with Crippen LogP contribution in [-0.4, -0.2) is 32.7 Å². The second-order valence-corrected chi connectivity index (χ2v) is 6.01. The highest BCUT2D eigenvalue weighted by Gasteiger charge is 2.32. The van der Waals surface area contributed by atoms with Gasteiger partial charge < -0.3 is 4.90 Å². The lowest BCUT2D eigenvalue weighted by atomic mass is 9.97. The van der Waals surface area contributed by atoms with Gasteiger partial charge in [-0.1, -0.05) is 0 Å². The predicted molar refractivity (Wildman–Crippen MR) is 74.6 cm³/mol. The molecule has 0 unspecified atom stereocenters. The Hall–Kier alpha value is -0.840. The molecule has 2 heterocycles. The van der Waals surface area contributed by atoms with E-state index in [0.717, 1.165) is 23.0 Å². The number of carbonyl (C=O) groups is 1. The molecule has 0 saturated carbocycles. The maximum Gasteiger partial charge on any atom is 0.273 e. The summed E-state index contributed by atoms with van der Waals surface area (Å²) in [5, 5.41) is 4.30. The van der Waals surface area contributed by atoms with Crippen molar-refractivity contribution in [3.63, 3.8) is 0 Å². The molecule has 1 amide bonds. The summed E-state index contributed by atoms with van der Waals surface area (Å²) in [5.74, 6) is 0.0877. The maximum atomic E-state index is 12.7. The molecular formula is C13H20BrN3O. The van der Waals surface area contributed by atoms with Crippen LogP contribution >= 0.6 is 15.9 Å². The smallest absolute Gasteiger partial charge is 0.273 e. The van der Waals surface area contributed by atoms with Crippen LogP contribution in [0.25, 0.3) is 0 Å². The molecule has 2 atom stereocenters. The Balaban J connectivity index is 2.35. The normalized spacial score (nSPS) is 24.4. The van der Waals surface area contributed by atoms with Crippen molar-refractivity contribution in [2.45, 2.75) is 52.1 Å². The van der Waals surface area contributed by atoms with Crippen LogP contribution in [0.3, 0.4) is 0 Å². The molecule has 0 spiro atoms. The van der Waals surface area contributed by atoms with Crippen molar-refractivity contribution in [3.8, 4) is 0 Å². The zero-order chi connectivity index (χ0) is 13.4.